The maximum absolute atomic E-state index is 7.88. The fourth-order valence-corrected chi connectivity index (χ4v) is 11.0. The van der Waals surface area contributed by atoms with E-state index in [1.807, 2.05) is 48.5 Å². The quantitative estimate of drug-likeness (QED) is 0.0389. The first-order valence-corrected chi connectivity index (χ1v) is 28.7. The Kier molecular flexibility index (Phi) is 25.9. The number of unbranched alkanes of at least 4 members (excludes halogenated alkanes) is 11. The highest BCUT2D eigenvalue weighted by Gasteiger charge is 2.49. The summed E-state index contributed by atoms with van der Waals surface area (Å²) in [5, 5.41) is 0. The van der Waals surface area contributed by atoms with Gasteiger partial charge < -0.3 is 38.9 Å². The van der Waals surface area contributed by atoms with Crippen molar-refractivity contribution >= 4 is 0 Å². The number of nitrogens with two attached hydrogens (primary N) is 1. The molecule has 1 aliphatic heterocycles. The van der Waals surface area contributed by atoms with Gasteiger partial charge in [-0.3, -0.25) is 0 Å². The topological polar surface area (TPSA) is 90.6 Å². The van der Waals surface area contributed by atoms with E-state index in [2.05, 4.69) is 128 Å². The summed E-state index contributed by atoms with van der Waals surface area (Å²) in [6.07, 6.45) is 16.6. The maximum atomic E-state index is 7.88. The van der Waals surface area contributed by atoms with E-state index in [1.165, 1.54) is 81.8 Å². The standard InChI is InChI=1S/C68H89NO7/c1-4-5-6-7-8-9-10-11-12-13-14-27-36-59(45-53-37-41-60(70-2)42-38-53)62(46-54-39-43-61(71-3)44-40-54)63(69)47-64-66(73-49-56-30-21-16-22-31-56)68(75-51-58-34-25-18-26-35-58)67(74-50-57-32-23-17-24-33-57)65(76-64)52-72-48-55-28-19-15-20-29-55/h15-26,28-35,37-44,59,62-68H,4-14,27,36,45-52,69H2,1-3H3/t59-,62+,63+,64+,65-,66+,67+,68-/m1/s1. The molecule has 8 nitrogen and oxygen atoms in total. The predicted molar refractivity (Wildman–Crippen MR) is 308 cm³/mol. The lowest BCUT2D eigenvalue weighted by Crippen LogP contribution is -2.62. The summed E-state index contributed by atoms with van der Waals surface area (Å²) in [7, 11) is 3.45. The predicted octanol–water partition coefficient (Wildman–Crippen LogP) is 15.3. The second-order valence-electron chi connectivity index (χ2n) is 21.1. The molecule has 6 aromatic rings. The molecule has 1 fully saturated rings. The van der Waals surface area contributed by atoms with Crippen LogP contribution in [-0.4, -0.2) is 57.4 Å². The monoisotopic (exact) mass is 1030 g/mol. The van der Waals surface area contributed by atoms with Gasteiger partial charge in [-0.15, -0.1) is 0 Å². The van der Waals surface area contributed by atoms with E-state index >= 15 is 0 Å². The van der Waals surface area contributed by atoms with E-state index in [1.54, 1.807) is 14.2 Å². The third kappa shape index (κ3) is 19.9. The van der Waals surface area contributed by atoms with E-state index < -0.39 is 30.5 Å². The lowest BCUT2D eigenvalue weighted by molar-refractivity contribution is -0.274. The van der Waals surface area contributed by atoms with E-state index in [-0.39, 0.29) is 17.9 Å². The fraction of sp³-hybridized carbons (Fsp3) is 0.471. The first-order valence-electron chi connectivity index (χ1n) is 28.7. The molecule has 0 bridgehead atoms. The van der Waals surface area contributed by atoms with Gasteiger partial charge >= 0.3 is 0 Å². The molecule has 0 unspecified atom stereocenters. The third-order valence-corrected chi connectivity index (χ3v) is 15.4. The molecule has 0 aliphatic carbocycles. The Labute approximate surface area is 457 Å². The average molecular weight is 1030 g/mol. The Morgan fingerprint density at radius 2 is 0.816 bits per heavy atom. The number of hydrogen-bond acceptors (Lipinski definition) is 8. The largest absolute Gasteiger partial charge is 0.497 e. The van der Waals surface area contributed by atoms with Crippen molar-refractivity contribution in [2.75, 3.05) is 20.8 Å². The minimum Gasteiger partial charge on any atom is -0.497 e. The van der Waals surface area contributed by atoms with Crippen LogP contribution in [0.1, 0.15) is 130 Å². The second-order valence-corrected chi connectivity index (χ2v) is 21.1. The van der Waals surface area contributed by atoms with Crippen LogP contribution in [0.3, 0.4) is 0 Å². The molecule has 0 aromatic heterocycles. The molecule has 8 atom stereocenters. The Morgan fingerprint density at radius 1 is 0.421 bits per heavy atom. The summed E-state index contributed by atoms with van der Waals surface area (Å²) in [4.78, 5) is 0. The third-order valence-electron chi connectivity index (χ3n) is 15.4. The summed E-state index contributed by atoms with van der Waals surface area (Å²) in [5.74, 6) is 2.10. The van der Waals surface area contributed by atoms with Crippen LogP contribution < -0.4 is 15.2 Å². The summed E-state index contributed by atoms with van der Waals surface area (Å²) < 4.78 is 46.7. The molecule has 0 spiro atoms. The Bertz CT molecular complexity index is 2390. The second kappa shape index (κ2) is 33.8. The van der Waals surface area contributed by atoms with Crippen molar-refractivity contribution in [1.82, 2.24) is 0 Å². The number of hydrogen-bond donors (Lipinski definition) is 1. The highest BCUT2D eigenvalue weighted by Crippen LogP contribution is 2.37. The van der Waals surface area contributed by atoms with Gasteiger partial charge in [-0.1, -0.05) is 230 Å². The van der Waals surface area contributed by atoms with Crippen LogP contribution in [0.25, 0.3) is 0 Å². The van der Waals surface area contributed by atoms with Gasteiger partial charge in [0.05, 0.1) is 53.4 Å². The zero-order valence-electron chi connectivity index (χ0n) is 46.1. The first kappa shape index (κ1) is 58.4. The molecule has 1 heterocycles. The van der Waals surface area contributed by atoms with Gasteiger partial charge in [0.25, 0.3) is 0 Å². The molecule has 7 rings (SSSR count). The van der Waals surface area contributed by atoms with Crippen molar-refractivity contribution in [3.05, 3.63) is 203 Å². The van der Waals surface area contributed by atoms with Gasteiger partial charge in [-0.25, -0.2) is 0 Å². The zero-order chi connectivity index (χ0) is 52.8. The van der Waals surface area contributed by atoms with Crippen molar-refractivity contribution < 1.29 is 33.2 Å². The first-order chi connectivity index (χ1) is 37.5. The highest BCUT2D eigenvalue weighted by atomic mass is 16.6. The van der Waals surface area contributed by atoms with Gasteiger partial charge in [0.15, 0.2) is 0 Å². The van der Waals surface area contributed by atoms with Gasteiger partial charge in [0.1, 0.15) is 35.9 Å². The lowest BCUT2D eigenvalue weighted by atomic mass is 9.74. The van der Waals surface area contributed by atoms with Gasteiger partial charge in [-0.05, 0) is 95.2 Å². The van der Waals surface area contributed by atoms with Crippen LogP contribution in [0.15, 0.2) is 170 Å². The van der Waals surface area contributed by atoms with Crippen molar-refractivity contribution in [1.29, 1.82) is 0 Å². The fourth-order valence-electron chi connectivity index (χ4n) is 11.0. The van der Waals surface area contributed by atoms with Crippen LogP contribution in [0.5, 0.6) is 11.5 Å². The van der Waals surface area contributed by atoms with E-state index in [0.29, 0.717) is 39.5 Å². The number of ether oxygens (including phenoxy) is 7. The number of rotatable bonds is 36. The normalized spacial score (nSPS) is 18.7. The van der Waals surface area contributed by atoms with E-state index in [9.17, 15) is 0 Å². The minimum absolute atomic E-state index is 0.102. The van der Waals surface area contributed by atoms with Crippen LogP contribution >= 0.6 is 0 Å². The maximum Gasteiger partial charge on any atom is 0.118 e. The molecule has 8 heteroatoms. The van der Waals surface area contributed by atoms with E-state index in [4.69, 9.17) is 38.9 Å². The molecular weight excluding hydrogens is 943 g/mol. The minimum atomic E-state index is -0.531. The van der Waals surface area contributed by atoms with Crippen LogP contribution in [0.4, 0.5) is 0 Å². The Balaban J connectivity index is 1.20. The summed E-state index contributed by atoms with van der Waals surface area (Å²) in [6, 6.07) is 58.3. The lowest BCUT2D eigenvalue weighted by Gasteiger charge is -2.47. The molecule has 0 amide bonds. The zero-order valence-corrected chi connectivity index (χ0v) is 46.1. The summed E-state index contributed by atoms with van der Waals surface area (Å²) >= 11 is 0. The molecular formula is C68H89NO7. The summed E-state index contributed by atoms with van der Waals surface area (Å²) in [5.41, 5.74) is 14.7. The molecule has 2 N–H and O–H groups in total. The Hall–Kier alpha value is -5.32. The van der Waals surface area contributed by atoms with Gasteiger partial charge in [0, 0.05) is 6.04 Å². The van der Waals surface area contributed by atoms with Gasteiger partial charge in [-0.2, -0.15) is 0 Å². The molecule has 408 valence electrons. The van der Waals surface area contributed by atoms with Crippen LogP contribution in [0.2, 0.25) is 0 Å². The molecule has 1 aliphatic rings. The van der Waals surface area contributed by atoms with Crippen molar-refractivity contribution in [3.63, 3.8) is 0 Å². The van der Waals surface area contributed by atoms with Crippen molar-refractivity contribution in [2.24, 2.45) is 17.6 Å². The molecule has 76 heavy (non-hydrogen) atoms. The molecule has 0 saturated carbocycles. The number of methoxy groups -OCH3 is 2. The molecule has 1 saturated heterocycles. The van der Waals surface area contributed by atoms with E-state index in [0.717, 1.165) is 59.4 Å². The molecule has 6 aromatic carbocycles. The van der Waals surface area contributed by atoms with Crippen molar-refractivity contribution in [3.8, 4) is 11.5 Å². The van der Waals surface area contributed by atoms with Gasteiger partial charge in [0.2, 0.25) is 0 Å². The van der Waals surface area contributed by atoms with Crippen LogP contribution in [-0.2, 0) is 63.0 Å². The molecule has 0 radical (unpaired) electrons. The van der Waals surface area contributed by atoms with Crippen molar-refractivity contribution in [2.45, 2.75) is 173 Å². The smallest absolute Gasteiger partial charge is 0.118 e. The SMILES string of the molecule is CCCCCCCCCCCCCC[C@H](Cc1ccc(OC)cc1)[C@H](Cc1ccc(OC)cc1)[C@@H](N)C[C@@H]1O[C@H](COCc2ccccc2)[C@H](OCc2ccccc2)[C@H](OCc2ccccc2)[C@H]1OCc1ccccc1. The summed E-state index contributed by atoms with van der Waals surface area (Å²) in [6.45, 7) is 4.16. The highest BCUT2D eigenvalue weighted by molar-refractivity contribution is 5.29. The Morgan fingerprint density at radius 3 is 1.26 bits per heavy atom. The number of benzene rings is 6. The van der Waals surface area contributed by atoms with Crippen LogP contribution in [0, 0.1) is 11.8 Å². The average Bonchev–Trinajstić information content (AvgIpc) is 3.46.